The number of ether oxygens (including phenoxy) is 1. The number of rotatable bonds is 4. The molecule has 26 heavy (non-hydrogen) atoms. The molecule has 1 atom stereocenters. The third-order valence-corrected chi connectivity index (χ3v) is 5.97. The van der Waals surface area contributed by atoms with Crippen LogP contribution in [-0.4, -0.2) is 67.4 Å². The van der Waals surface area contributed by atoms with Gasteiger partial charge < -0.3 is 14.5 Å². The molecule has 0 aromatic rings. The van der Waals surface area contributed by atoms with Crippen LogP contribution >= 0.6 is 0 Å². The van der Waals surface area contributed by atoms with Crippen LogP contribution in [0.15, 0.2) is 28.3 Å². The van der Waals surface area contributed by atoms with Gasteiger partial charge in [0, 0.05) is 25.3 Å². The molecule has 9 heteroatoms. The Morgan fingerprint density at radius 1 is 1.27 bits per heavy atom. The molecule has 0 spiro atoms. The van der Waals surface area contributed by atoms with Gasteiger partial charge in [-0.25, -0.2) is 13.2 Å². The fourth-order valence-corrected chi connectivity index (χ4v) is 4.34. The van der Waals surface area contributed by atoms with Crippen LogP contribution in [0.1, 0.15) is 32.6 Å². The Morgan fingerprint density at radius 2 is 2.08 bits per heavy atom. The SMILES string of the molecule is CCC1CCCCN1C(=O)COC(=O)C1=CN2CCS(=O)(=O)N=C2C=C1. The molecule has 3 aliphatic heterocycles. The largest absolute Gasteiger partial charge is 0.452 e. The van der Waals surface area contributed by atoms with Gasteiger partial charge in [0.1, 0.15) is 5.84 Å². The minimum Gasteiger partial charge on any atom is -0.452 e. The van der Waals surface area contributed by atoms with E-state index in [4.69, 9.17) is 4.74 Å². The van der Waals surface area contributed by atoms with Crippen molar-refractivity contribution in [2.45, 2.75) is 38.6 Å². The number of piperidine rings is 1. The summed E-state index contributed by atoms with van der Waals surface area (Å²) in [6.45, 7) is 2.71. The summed E-state index contributed by atoms with van der Waals surface area (Å²) in [6.07, 6.45) is 8.42. The van der Waals surface area contributed by atoms with Gasteiger partial charge in [0.15, 0.2) is 6.61 Å². The maximum atomic E-state index is 12.4. The summed E-state index contributed by atoms with van der Waals surface area (Å²) in [4.78, 5) is 28.0. The van der Waals surface area contributed by atoms with E-state index in [0.29, 0.717) is 6.54 Å². The number of carbonyl (C=O) groups excluding carboxylic acids is 2. The van der Waals surface area contributed by atoms with Crippen molar-refractivity contribution in [3.8, 4) is 0 Å². The fourth-order valence-electron chi connectivity index (χ4n) is 3.37. The molecule has 0 aromatic carbocycles. The van der Waals surface area contributed by atoms with E-state index in [2.05, 4.69) is 11.3 Å². The molecular weight excluding hydrogens is 358 g/mol. The molecule has 1 amide bonds. The highest BCUT2D eigenvalue weighted by Gasteiger charge is 2.28. The van der Waals surface area contributed by atoms with Crippen molar-refractivity contribution < 1.29 is 22.7 Å². The number of carbonyl (C=O) groups is 2. The summed E-state index contributed by atoms with van der Waals surface area (Å²) < 4.78 is 31.8. The normalized spacial score (nSPS) is 24.4. The van der Waals surface area contributed by atoms with Crippen LogP contribution in [0, 0.1) is 0 Å². The number of amidine groups is 1. The number of nitrogens with zero attached hydrogens (tertiary/aromatic N) is 3. The Hall–Kier alpha value is -2.16. The van der Waals surface area contributed by atoms with Gasteiger partial charge in [0.25, 0.3) is 15.9 Å². The second kappa shape index (κ2) is 7.61. The summed E-state index contributed by atoms with van der Waals surface area (Å²) in [6, 6.07) is 0.220. The van der Waals surface area contributed by atoms with E-state index in [9.17, 15) is 18.0 Å². The number of sulfonamides is 1. The Kier molecular flexibility index (Phi) is 5.45. The first-order valence-corrected chi connectivity index (χ1v) is 10.5. The van der Waals surface area contributed by atoms with Crippen LogP contribution in [0.3, 0.4) is 0 Å². The topological polar surface area (TPSA) is 96.4 Å². The van der Waals surface area contributed by atoms with Crippen LogP contribution in [0.4, 0.5) is 0 Å². The zero-order chi connectivity index (χ0) is 18.7. The van der Waals surface area contributed by atoms with Crippen molar-refractivity contribution in [2.24, 2.45) is 4.40 Å². The summed E-state index contributed by atoms with van der Waals surface area (Å²) in [5, 5.41) is 0. The van der Waals surface area contributed by atoms with Gasteiger partial charge in [-0.1, -0.05) is 6.92 Å². The highest BCUT2D eigenvalue weighted by atomic mass is 32.2. The van der Waals surface area contributed by atoms with Crippen molar-refractivity contribution in [2.75, 3.05) is 25.4 Å². The minimum absolute atomic E-state index is 0.102. The number of fused-ring (bicyclic) bond motifs is 1. The number of hydrogen-bond donors (Lipinski definition) is 0. The highest BCUT2D eigenvalue weighted by molar-refractivity contribution is 7.90. The molecule has 3 heterocycles. The monoisotopic (exact) mass is 381 g/mol. The van der Waals surface area contributed by atoms with E-state index in [-0.39, 0.29) is 42.3 Å². The van der Waals surface area contributed by atoms with Gasteiger partial charge in [-0.05, 0) is 37.8 Å². The highest BCUT2D eigenvalue weighted by Crippen LogP contribution is 2.20. The van der Waals surface area contributed by atoms with E-state index in [0.717, 1.165) is 25.7 Å². The Balaban J connectivity index is 1.58. The van der Waals surface area contributed by atoms with Crippen LogP contribution in [0.25, 0.3) is 0 Å². The van der Waals surface area contributed by atoms with E-state index < -0.39 is 16.0 Å². The van der Waals surface area contributed by atoms with Crippen molar-refractivity contribution in [3.05, 3.63) is 23.9 Å². The quantitative estimate of drug-likeness (QED) is 0.669. The van der Waals surface area contributed by atoms with Crippen LogP contribution in [0.2, 0.25) is 0 Å². The molecule has 1 saturated heterocycles. The third kappa shape index (κ3) is 4.14. The summed E-state index contributed by atoms with van der Waals surface area (Å²) in [5.41, 5.74) is 0.265. The Morgan fingerprint density at radius 3 is 2.85 bits per heavy atom. The molecule has 142 valence electrons. The molecule has 1 unspecified atom stereocenters. The van der Waals surface area contributed by atoms with Crippen LogP contribution in [-0.2, 0) is 24.3 Å². The lowest BCUT2D eigenvalue weighted by Crippen LogP contribution is -2.45. The smallest absolute Gasteiger partial charge is 0.340 e. The molecule has 3 rings (SSSR count). The number of amides is 1. The number of hydrogen-bond acceptors (Lipinski definition) is 6. The van der Waals surface area contributed by atoms with Crippen molar-refractivity contribution in [1.29, 1.82) is 0 Å². The predicted molar refractivity (Wildman–Crippen MR) is 95.8 cm³/mol. The van der Waals surface area contributed by atoms with Crippen molar-refractivity contribution in [3.63, 3.8) is 0 Å². The Labute approximate surface area is 153 Å². The molecular formula is C17H23N3O5S. The van der Waals surface area contributed by atoms with Gasteiger partial charge in [0.05, 0.1) is 11.3 Å². The molecule has 0 aliphatic carbocycles. The number of likely N-dealkylation sites (tertiary alicyclic amines) is 1. The molecule has 1 fully saturated rings. The summed E-state index contributed by atoms with van der Waals surface area (Å²) in [5.74, 6) is -0.596. The van der Waals surface area contributed by atoms with E-state index in [1.165, 1.54) is 18.4 Å². The zero-order valence-electron chi connectivity index (χ0n) is 14.8. The maximum Gasteiger partial charge on any atom is 0.340 e. The van der Waals surface area contributed by atoms with E-state index >= 15 is 0 Å². The van der Waals surface area contributed by atoms with E-state index in [1.54, 1.807) is 4.90 Å². The van der Waals surface area contributed by atoms with E-state index in [1.807, 2.05) is 4.90 Å². The lowest BCUT2D eigenvalue weighted by Gasteiger charge is -2.35. The standard InChI is InChI=1S/C17H23N3O5S/c1-2-14-5-3-4-8-20(14)16(21)12-25-17(22)13-6-7-15-18-26(23,24)10-9-19(15)11-13/h6-7,11,14H,2-5,8-10,12H2,1H3. The lowest BCUT2D eigenvalue weighted by atomic mass is 10.00. The molecule has 0 radical (unpaired) electrons. The maximum absolute atomic E-state index is 12.4. The third-order valence-electron chi connectivity index (χ3n) is 4.81. The second-order valence-electron chi connectivity index (χ2n) is 6.57. The summed E-state index contributed by atoms with van der Waals surface area (Å²) in [7, 11) is -3.43. The average Bonchev–Trinajstić information content (AvgIpc) is 2.64. The molecule has 0 N–H and O–H groups in total. The van der Waals surface area contributed by atoms with Crippen LogP contribution < -0.4 is 0 Å². The fraction of sp³-hybridized carbons (Fsp3) is 0.588. The zero-order valence-corrected chi connectivity index (χ0v) is 15.6. The minimum atomic E-state index is -3.43. The molecule has 0 saturated carbocycles. The number of esters is 1. The molecule has 0 aromatic heterocycles. The molecule has 0 bridgehead atoms. The first-order valence-electron chi connectivity index (χ1n) is 8.85. The van der Waals surface area contributed by atoms with Gasteiger partial charge in [-0.3, -0.25) is 4.79 Å². The predicted octanol–water partition coefficient (Wildman–Crippen LogP) is 0.818. The molecule has 8 nitrogen and oxygen atoms in total. The van der Waals surface area contributed by atoms with Crippen LogP contribution in [0.5, 0.6) is 0 Å². The van der Waals surface area contributed by atoms with Gasteiger partial charge in [-0.2, -0.15) is 0 Å². The first kappa shape index (κ1) is 18.6. The second-order valence-corrected chi connectivity index (χ2v) is 8.32. The van der Waals surface area contributed by atoms with Gasteiger partial charge >= 0.3 is 5.97 Å². The first-order chi connectivity index (χ1) is 12.4. The Bertz CT molecular complexity index is 784. The van der Waals surface area contributed by atoms with Crippen molar-refractivity contribution >= 4 is 27.7 Å². The van der Waals surface area contributed by atoms with Gasteiger partial charge in [-0.15, -0.1) is 4.40 Å². The average molecular weight is 381 g/mol. The van der Waals surface area contributed by atoms with Crippen molar-refractivity contribution in [1.82, 2.24) is 9.80 Å². The lowest BCUT2D eigenvalue weighted by molar-refractivity contribution is -0.150. The molecule has 3 aliphatic rings. The summed E-state index contributed by atoms with van der Waals surface area (Å²) >= 11 is 0. The van der Waals surface area contributed by atoms with Gasteiger partial charge in [0.2, 0.25) is 0 Å².